The molecular weight excluding hydrogens is 258 g/mol. The van der Waals surface area contributed by atoms with Crippen molar-refractivity contribution >= 4 is 14.5 Å². The maximum Gasteiger partial charge on any atom is 0.340 e. The number of rotatable bonds is 8. The van der Waals surface area contributed by atoms with E-state index in [0.29, 0.717) is 12.1 Å². The van der Waals surface area contributed by atoms with Crippen molar-refractivity contribution in [2.24, 2.45) is 0 Å². The van der Waals surface area contributed by atoms with Crippen LogP contribution in [0.4, 0.5) is 0 Å². The van der Waals surface area contributed by atoms with Crippen molar-refractivity contribution in [2.45, 2.75) is 50.1 Å². The molecule has 1 aliphatic rings. The van der Waals surface area contributed by atoms with Gasteiger partial charge in [-0.05, 0) is 31.4 Å². The SMILES string of the molecule is C=CC(=O)NCCC[Si](OC)(OC)C1CCCCC1. The van der Waals surface area contributed by atoms with E-state index in [0.717, 1.165) is 12.5 Å². The minimum atomic E-state index is -2.10. The highest BCUT2D eigenvalue weighted by Gasteiger charge is 2.43. The fraction of sp³-hybridized carbons (Fsp3) is 0.786. The van der Waals surface area contributed by atoms with Crippen molar-refractivity contribution in [1.29, 1.82) is 0 Å². The molecule has 0 unspecified atom stereocenters. The number of carbonyl (C=O) groups is 1. The monoisotopic (exact) mass is 285 g/mol. The van der Waals surface area contributed by atoms with Crippen LogP contribution in [0.1, 0.15) is 38.5 Å². The van der Waals surface area contributed by atoms with Gasteiger partial charge in [0.05, 0.1) is 0 Å². The van der Waals surface area contributed by atoms with Crippen LogP contribution >= 0.6 is 0 Å². The van der Waals surface area contributed by atoms with E-state index in [2.05, 4.69) is 11.9 Å². The van der Waals surface area contributed by atoms with Crippen molar-refractivity contribution < 1.29 is 13.6 Å². The molecule has 0 aromatic rings. The second-order valence-electron chi connectivity index (χ2n) is 5.15. The molecule has 5 heteroatoms. The van der Waals surface area contributed by atoms with E-state index in [9.17, 15) is 4.79 Å². The molecule has 0 aromatic carbocycles. The highest BCUT2D eigenvalue weighted by atomic mass is 28.4. The predicted octanol–water partition coefficient (Wildman–Crippen LogP) is 2.75. The van der Waals surface area contributed by atoms with Crippen LogP contribution in [0, 0.1) is 0 Å². The highest BCUT2D eigenvalue weighted by Crippen LogP contribution is 2.40. The van der Waals surface area contributed by atoms with Gasteiger partial charge in [-0.2, -0.15) is 0 Å². The average molecular weight is 285 g/mol. The fourth-order valence-electron chi connectivity index (χ4n) is 2.99. The summed E-state index contributed by atoms with van der Waals surface area (Å²) in [5.41, 5.74) is 0.603. The van der Waals surface area contributed by atoms with Gasteiger partial charge in [-0.25, -0.2) is 0 Å². The summed E-state index contributed by atoms with van der Waals surface area (Å²) in [6, 6.07) is 0.947. The van der Waals surface area contributed by atoms with Crippen molar-refractivity contribution in [3.05, 3.63) is 12.7 Å². The average Bonchev–Trinajstić information content (AvgIpc) is 2.48. The quantitative estimate of drug-likeness (QED) is 0.424. The van der Waals surface area contributed by atoms with Gasteiger partial charge < -0.3 is 14.2 Å². The molecule has 4 nitrogen and oxygen atoms in total. The first-order chi connectivity index (χ1) is 9.18. The summed E-state index contributed by atoms with van der Waals surface area (Å²) in [6.07, 6.45) is 8.59. The molecule has 0 atom stereocenters. The normalized spacial score (nSPS) is 17.2. The minimum Gasteiger partial charge on any atom is -0.397 e. The summed E-state index contributed by atoms with van der Waals surface area (Å²) in [4.78, 5) is 11.1. The Kier molecular flexibility index (Phi) is 7.34. The first-order valence-corrected chi connectivity index (χ1v) is 9.29. The van der Waals surface area contributed by atoms with E-state index in [1.165, 1.54) is 38.2 Å². The molecular formula is C14H27NO3Si. The fourth-order valence-corrected chi connectivity index (χ4v) is 6.59. The molecule has 0 aromatic heterocycles. The van der Waals surface area contributed by atoms with Gasteiger partial charge in [0, 0.05) is 26.3 Å². The number of hydrogen-bond acceptors (Lipinski definition) is 3. The lowest BCUT2D eigenvalue weighted by Crippen LogP contribution is -2.46. The molecule has 1 fully saturated rings. The van der Waals surface area contributed by atoms with E-state index < -0.39 is 8.56 Å². The van der Waals surface area contributed by atoms with Gasteiger partial charge in [0.1, 0.15) is 0 Å². The maximum absolute atomic E-state index is 11.1. The topological polar surface area (TPSA) is 47.6 Å². The van der Waals surface area contributed by atoms with E-state index in [4.69, 9.17) is 8.85 Å². The lowest BCUT2D eigenvalue weighted by atomic mass is 10.0. The van der Waals surface area contributed by atoms with Crippen LogP contribution in [0.15, 0.2) is 12.7 Å². The Morgan fingerprint density at radius 2 is 1.95 bits per heavy atom. The Labute approximate surface area is 117 Å². The number of hydrogen-bond donors (Lipinski definition) is 1. The first-order valence-electron chi connectivity index (χ1n) is 7.19. The third kappa shape index (κ3) is 4.74. The molecule has 1 saturated carbocycles. The largest absolute Gasteiger partial charge is 0.397 e. The lowest BCUT2D eigenvalue weighted by molar-refractivity contribution is -0.116. The van der Waals surface area contributed by atoms with Crippen LogP contribution in [0.25, 0.3) is 0 Å². The molecule has 1 aliphatic carbocycles. The zero-order valence-corrected chi connectivity index (χ0v) is 13.2. The third-order valence-corrected chi connectivity index (χ3v) is 8.36. The molecule has 0 bridgehead atoms. The van der Waals surface area contributed by atoms with Gasteiger partial charge in [0.2, 0.25) is 5.91 Å². The molecule has 0 aliphatic heterocycles. The van der Waals surface area contributed by atoms with E-state index in [-0.39, 0.29) is 5.91 Å². The Morgan fingerprint density at radius 1 is 1.32 bits per heavy atom. The molecule has 0 saturated heterocycles. The van der Waals surface area contributed by atoms with Crippen LogP contribution in [0.3, 0.4) is 0 Å². The Bertz CT molecular complexity index is 286. The van der Waals surface area contributed by atoms with Gasteiger partial charge in [0.15, 0.2) is 0 Å². The standard InChI is InChI=1S/C14H27NO3Si/c1-4-14(16)15-11-8-12-19(17-2,18-3)13-9-6-5-7-10-13/h4,13H,1,5-12H2,2-3H3,(H,15,16). The van der Waals surface area contributed by atoms with Gasteiger partial charge in [-0.1, -0.05) is 25.8 Å². The van der Waals surface area contributed by atoms with Crippen LogP contribution in [0.5, 0.6) is 0 Å². The molecule has 0 radical (unpaired) electrons. The second kappa shape index (κ2) is 8.50. The zero-order chi connectivity index (χ0) is 14.1. The van der Waals surface area contributed by atoms with E-state index in [1.807, 2.05) is 0 Å². The summed E-state index contributed by atoms with van der Waals surface area (Å²) < 4.78 is 11.7. The molecule has 110 valence electrons. The molecule has 0 heterocycles. The lowest BCUT2D eigenvalue weighted by Gasteiger charge is -2.37. The third-order valence-electron chi connectivity index (χ3n) is 4.10. The molecule has 1 amide bonds. The van der Waals surface area contributed by atoms with Gasteiger partial charge >= 0.3 is 8.56 Å². The minimum absolute atomic E-state index is 0.111. The van der Waals surface area contributed by atoms with Crippen LogP contribution < -0.4 is 5.32 Å². The van der Waals surface area contributed by atoms with Gasteiger partial charge in [-0.15, -0.1) is 0 Å². The van der Waals surface area contributed by atoms with Crippen LogP contribution in [0.2, 0.25) is 11.6 Å². The predicted molar refractivity (Wildman–Crippen MR) is 79.2 cm³/mol. The summed E-state index contributed by atoms with van der Waals surface area (Å²) in [7, 11) is 1.47. The molecule has 19 heavy (non-hydrogen) atoms. The summed E-state index contributed by atoms with van der Waals surface area (Å²) in [5, 5.41) is 2.81. The van der Waals surface area contributed by atoms with Crippen molar-refractivity contribution in [3.63, 3.8) is 0 Å². The van der Waals surface area contributed by atoms with Gasteiger partial charge in [0.25, 0.3) is 0 Å². The second-order valence-corrected chi connectivity index (χ2v) is 8.91. The first kappa shape index (κ1) is 16.4. The van der Waals surface area contributed by atoms with Gasteiger partial charge in [-0.3, -0.25) is 4.79 Å². The summed E-state index contributed by atoms with van der Waals surface area (Å²) in [6.45, 7) is 4.11. The number of amides is 1. The summed E-state index contributed by atoms with van der Waals surface area (Å²) in [5.74, 6) is -0.111. The molecule has 0 spiro atoms. The molecule has 1 rings (SSSR count). The maximum atomic E-state index is 11.1. The zero-order valence-electron chi connectivity index (χ0n) is 12.2. The Balaban J connectivity index is 2.46. The highest BCUT2D eigenvalue weighted by molar-refractivity contribution is 6.69. The van der Waals surface area contributed by atoms with Crippen LogP contribution in [-0.2, 0) is 13.6 Å². The van der Waals surface area contributed by atoms with Crippen molar-refractivity contribution in [3.8, 4) is 0 Å². The Morgan fingerprint density at radius 3 is 2.47 bits per heavy atom. The summed E-state index contributed by atoms with van der Waals surface area (Å²) >= 11 is 0. The van der Waals surface area contributed by atoms with E-state index >= 15 is 0 Å². The van der Waals surface area contributed by atoms with E-state index in [1.54, 1.807) is 14.2 Å². The van der Waals surface area contributed by atoms with Crippen molar-refractivity contribution in [1.82, 2.24) is 5.32 Å². The molecule has 1 N–H and O–H groups in total. The number of nitrogens with one attached hydrogen (secondary N) is 1. The van der Waals surface area contributed by atoms with Crippen LogP contribution in [-0.4, -0.2) is 35.2 Å². The smallest absolute Gasteiger partial charge is 0.340 e. The van der Waals surface area contributed by atoms with Crippen molar-refractivity contribution in [2.75, 3.05) is 20.8 Å². The number of carbonyl (C=O) groups excluding carboxylic acids is 1. The Hall–Kier alpha value is -0.653.